The standard InChI is InChI=1S/C31H52N6O7/c1-9-33-29(43)44-15-20(30(4,5)6)35-28(42)36-22(16(2)3)27(41)37-14-18-21(31(18,7)8)23(37)26(40)34-19(24(38)25(32)39)13-17-11-10-12-17/h16-23H,9-15H2,1-8H3,(H2,32,39)(H,33,43)(H,34,40)(H2,35,36,42)/t18-,19?,20+,21-,22-,23-/m0/s1. The number of primary amides is 1. The predicted molar refractivity (Wildman–Crippen MR) is 163 cm³/mol. The van der Waals surface area contributed by atoms with Crippen LogP contribution in [0.4, 0.5) is 9.59 Å². The molecule has 13 heteroatoms. The zero-order valence-electron chi connectivity index (χ0n) is 27.5. The maximum atomic E-state index is 14.0. The Morgan fingerprint density at radius 1 is 1.02 bits per heavy atom. The van der Waals surface area contributed by atoms with Gasteiger partial charge in [-0.05, 0) is 47.8 Å². The lowest BCUT2D eigenvalue weighted by molar-refractivity contribution is -0.144. The number of ether oxygens (including phenoxy) is 1. The molecule has 0 aromatic heterocycles. The molecule has 0 aromatic carbocycles. The molecule has 6 atom stereocenters. The van der Waals surface area contributed by atoms with E-state index in [4.69, 9.17) is 10.5 Å². The molecule has 6 N–H and O–H groups in total. The lowest BCUT2D eigenvalue weighted by Gasteiger charge is -2.36. The maximum Gasteiger partial charge on any atom is 0.407 e. The summed E-state index contributed by atoms with van der Waals surface area (Å²) in [7, 11) is 0. The van der Waals surface area contributed by atoms with E-state index in [2.05, 4.69) is 21.3 Å². The number of carbonyl (C=O) groups is 6. The first-order valence-electron chi connectivity index (χ1n) is 15.8. The molecule has 6 amide bonds. The van der Waals surface area contributed by atoms with Gasteiger partial charge in [0.15, 0.2) is 0 Å². The first-order valence-corrected chi connectivity index (χ1v) is 15.8. The number of Topliss-reactive ketones (excluding diaryl/α,β-unsaturated/α-hetero) is 1. The molecule has 0 radical (unpaired) electrons. The Labute approximate surface area is 260 Å². The van der Waals surface area contributed by atoms with E-state index in [9.17, 15) is 28.8 Å². The molecule has 3 rings (SSSR count). The number of amides is 6. The summed E-state index contributed by atoms with van der Waals surface area (Å²) in [5.41, 5.74) is 4.65. The van der Waals surface area contributed by atoms with Crippen LogP contribution in [0.25, 0.3) is 0 Å². The fraction of sp³-hybridized carbons (Fsp3) is 0.806. The van der Waals surface area contributed by atoms with Gasteiger partial charge < -0.3 is 36.6 Å². The Bertz CT molecular complexity index is 1130. The van der Waals surface area contributed by atoms with Gasteiger partial charge in [0.1, 0.15) is 18.7 Å². The summed E-state index contributed by atoms with van der Waals surface area (Å²) in [6, 6.07) is -4.00. The van der Waals surface area contributed by atoms with Gasteiger partial charge in [0.05, 0.1) is 12.1 Å². The van der Waals surface area contributed by atoms with Gasteiger partial charge in [-0.1, -0.05) is 67.7 Å². The number of hydrogen-bond acceptors (Lipinski definition) is 7. The SMILES string of the molecule is CCNC(=O)OC[C@@H](NC(=O)N[C@H](C(=O)N1C[C@H]2[C@@H]([C@H]1C(=O)NC(CC1CCC1)C(=O)C(N)=O)C2(C)C)C(C)C)C(C)(C)C. The molecule has 0 spiro atoms. The minimum absolute atomic E-state index is 0.0676. The molecule has 1 heterocycles. The molecule has 1 aliphatic heterocycles. The Balaban J connectivity index is 1.75. The van der Waals surface area contributed by atoms with Crippen LogP contribution in [0.1, 0.15) is 81.1 Å². The van der Waals surface area contributed by atoms with Crippen LogP contribution in [-0.2, 0) is 23.9 Å². The van der Waals surface area contributed by atoms with Gasteiger partial charge in [0, 0.05) is 13.1 Å². The fourth-order valence-electron chi connectivity index (χ4n) is 6.43. The molecule has 1 unspecified atom stereocenters. The van der Waals surface area contributed by atoms with E-state index < -0.39 is 65.2 Å². The summed E-state index contributed by atoms with van der Waals surface area (Å²) in [5.74, 6) is -2.96. The van der Waals surface area contributed by atoms with Gasteiger partial charge in [-0.25, -0.2) is 9.59 Å². The number of fused-ring (bicyclic) bond motifs is 1. The molecule has 248 valence electrons. The summed E-state index contributed by atoms with van der Waals surface area (Å²) >= 11 is 0. The number of urea groups is 1. The summed E-state index contributed by atoms with van der Waals surface area (Å²) in [6.45, 7) is 15.8. The second-order valence-corrected chi connectivity index (χ2v) is 14.6. The molecule has 2 aliphatic carbocycles. The molecule has 0 bridgehead atoms. The highest BCUT2D eigenvalue weighted by atomic mass is 16.5. The summed E-state index contributed by atoms with van der Waals surface area (Å²) < 4.78 is 5.26. The monoisotopic (exact) mass is 620 g/mol. The Kier molecular flexibility index (Phi) is 10.9. The number of ketones is 1. The molecular formula is C31H52N6O7. The highest BCUT2D eigenvalue weighted by molar-refractivity contribution is 6.37. The van der Waals surface area contributed by atoms with Crippen molar-refractivity contribution in [3.8, 4) is 0 Å². The van der Waals surface area contributed by atoms with Crippen LogP contribution in [0.15, 0.2) is 0 Å². The number of hydrogen-bond donors (Lipinski definition) is 5. The van der Waals surface area contributed by atoms with Crippen LogP contribution in [0.3, 0.4) is 0 Å². The minimum Gasteiger partial charge on any atom is -0.447 e. The fourth-order valence-corrected chi connectivity index (χ4v) is 6.43. The van der Waals surface area contributed by atoms with Crippen molar-refractivity contribution >= 4 is 35.6 Å². The second kappa shape index (κ2) is 13.7. The topological polar surface area (TPSA) is 189 Å². The molecular weight excluding hydrogens is 568 g/mol. The third-order valence-electron chi connectivity index (χ3n) is 9.70. The number of likely N-dealkylation sites (tertiary alicyclic amines) is 1. The molecule has 0 aromatic rings. The van der Waals surface area contributed by atoms with Gasteiger partial charge in [0.25, 0.3) is 5.91 Å². The van der Waals surface area contributed by atoms with Gasteiger partial charge in [-0.2, -0.15) is 0 Å². The zero-order chi connectivity index (χ0) is 33.1. The Morgan fingerprint density at radius 2 is 1.66 bits per heavy atom. The lowest BCUT2D eigenvalue weighted by atomic mass is 9.80. The van der Waals surface area contributed by atoms with Gasteiger partial charge in [-0.3, -0.25) is 19.2 Å². The molecule has 13 nitrogen and oxygen atoms in total. The first-order chi connectivity index (χ1) is 20.4. The summed E-state index contributed by atoms with van der Waals surface area (Å²) in [4.78, 5) is 78.8. The minimum atomic E-state index is -1.10. The number of piperidine rings is 1. The van der Waals surface area contributed by atoms with Gasteiger partial charge in [0.2, 0.25) is 17.6 Å². The number of carbonyl (C=O) groups excluding carboxylic acids is 6. The Morgan fingerprint density at radius 3 is 2.16 bits per heavy atom. The highest BCUT2D eigenvalue weighted by Crippen LogP contribution is 2.65. The van der Waals surface area contributed by atoms with Gasteiger partial charge >= 0.3 is 12.1 Å². The zero-order valence-corrected chi connectivity index (χ0v) is 27.5. The maximum absolute atomic E-state index is 14.0. The molecule has 3 aliphatic rings. The Hall–Kier alpha value is -3.38. The van der Waals surface area contributed by atoms with E-state index in [-0.39, 0.29) is 35.7 Å². The van der Waals surface area contributed by atoms with E-state index >= 15 is 0 Å². The average Bonchev–Trinajstić information content (AvgIpc) is 3.21. The number of alkyl carbamates (subject to hydrolysis) is 1. The summed E-state index contributed by atoms with van der Waals surface area (Å²) in [5, 5.41) is 11.0. The van der Waals surface area contributed by atoms with Crippen LogP contribution in [0, 0.1) is 34.5 Å². The number of nitrogens with two attached hydrogens (primary N) is 1. The molecule has 44 heavy (non-hydrogen) atoms. The summed E-state index contributed by atoms with van der Waals surface area (Å²) in [6.07, 6.45) is 2.62. The van der Waals surface area contributed by atoms with E-state index in [1.165, 1.54) is 4.90 Å². The second-order valence-electron chi connectivity index (χ2n) is 14.6. The van der Waals surface area contributed by atoms with Crippen LogP contribution in [0.2, 0.25) is 0 Å². The van der Waals surface area contributed by atoms with Crippen LogP contribution in [-0.4, -0.2) is 84.4 Å². The highest BCUT2D eigenvalue weighted by Gasteiger charge is 2.69. The molecule has 3 fully saturated rings. The molecule has 2 saturated carbocycles. The van der Waals surface area contributed by atoms with Crippen molar-refractivity contribution in [3.05, 3.63) is 0 Å². The van der Waals surface area contributed by atoms with Crippen molar-refractivity contribution in [3.63, 3.8) is 0 Å². The van der Waals surface area contributed by atoms with Crippen LogP contribution >= 0.6 is 0 Å². The normalized spacial score (nSPS) is 24.2. The van der Waals surface area contributed by atoms with Crippen molar-refractivity contribution in [2.45, 2.75) is 105 Å². The third-order valence-corrected chi connectivity index (χ3v) is 9.70. The van der Waals surface area contributed by atoms with Crippen LogP contribution < -0.4 is 27.0 Å². The van der Waals surface area contributed by atoms with E-state index in [1.807, 2.05) is 34.6 Å². The van der Waals surface area contributed by atoms with E-state index in [0.717, 1.165) is 19.3 Å². The van der Waals surface area contributed by atoms with E-state index in [1.54, 1.807) is 20.8 Å². The number of nitrogens with one attached hydrogen (secondary N) is 4. The van der Waals surface area contributed by atoms with Crippen molar-refractivity contribution < 1.29 is 33.5 Å². The van der Waals surface area contributed by atoms with Crippen molar-refractivity contribution in [2.24, 2.45) is 40.2 Å². The average molecular weight is 621 g/mol. The van der Waals surface area contributed by atoms with Crippen molar-refractivity contribution in [1.29, 1.82) is 0 Å². The van der Waals surface area contributed by atoms with Gasteiger partial charge in [-0.15, -0.1) is 0 Å². The molecule has 1 saturated heterocycles. The quantitative estimate of drug-likeness (QED) is 0.194. The first kappa shape index (κ1) is 35.1. The lowest BCUT2D eigenvalue weighted by Crippen LogP contribution is -2.61. The number of nitrogens with zero attached hydrogens (tertiary/aromatic N) is 1. The van der Waals surface area contributed by atoms with Crippen LogP contribution in [0.5, 0.6) is 0 Å². The number of rotatable bonds is 13. The predicted octanol–water partition coefficient (Wildman–Crippen LogP) is 1.68. The largest absolute Gasteiger partial charge is 0.447 e. The third kappa shape index (κ3) is 8.01. The van der Waals surface area contributed by atoms with Crippen molar-refractivity contribution in [1.82, 2.24) is 26.2 Å². The van der Waals surface area contributed by atoms with E-state index in [0.29, 0.717) is 19.5 Å². The smallest absolute Gasteiger partial charge is 0.407 e. The van der Waals surface area contributed by atoms with Crippen molar-refractivity contribution in [2.75, 3.05) is 19.7 Å².